The van der Waals surface area contributed by atoms with Gasteiger partial charge >= 0.3 is 0 Å². The molecule has 0 aliphatic heterocycles. The van der Waals surface area contributed by atoms with Crippen LogP contribution in [0.15, 0.2) is 54.3 Å². The summed E-state index contributed by atoms with van der Waals surface area (Å²) in [6.07, 6.45) is 0. The summed E-state index contributed by atoms with van der Waals surface area (Å²) in [6.45, 7) is 3.89. The Balaban J connectivity index is 1.74. The minimum atomic E-state index is -0.471. The number of aliphatic hydroxyl groups excluding tert-OH is 1. The van der Waals surface area contributed by atoms with Crippen LogP contribution in [-0.2, 0) is 4.79 Å². The second kappa shape index (κ2) is 8.59. The highest BCUT2D eigenvalue weighted by Gasteiger charge is 2.25. The lowest BCUT2D eigenvalue weighted by Gasteiger charge is -2.21. The summed E-state index contributed by atoms with van der Waals surface area (Å²) in [4.78, 5) is 20.5. The second-order valence-electron chi connectivity index (χ2n) is 7.13. The van der Waals surface area contributed by atoms with Crippen molar-refractivity contribution in [2.24, 2.45) is 0 Å². The largest absolute Gasteiger partial charge is 0.505 e. The number of aromatic amines is 1. The minimum absolute atomic E-state index is 0.0759. The SMILES string of the molecule is Cc1ccc(NC(=O)C[NH+](C)[C@H](C)/C(O)=C(\C#N)c2nc3ccccc3[nH]2)cc1. The van der Waals surface area contributed by atoms with Crippen LogP contribution >= 0.6 is 0 Å². The van der Waals surface area contributed by atoms with Crippen LogP contribution in [0.5, 0.6) is 0 Å². The van der Waals surface area contributed by atoms with E-state index in [0.717, 1.165) is 21.7 Å². The van der Waals surface area contributed by atoms with E-state index in [0.29, 0.717) is 11.3 Å². The first-order chi connectivity index (χ1) is 13.9. The number of imidazole rings is 1. The van der Waals surface area contributed by atoms with Gasteiger partial charge in [-0.3, -0.25) is 4.79 Å². The first-order valence-corrected chi connectivity index (χ1v) is 9.36. The maximum absolute atomic E-state index is 12.3. The van der Waals surface area contributed by atoms with Gasteiger partial charge in [0.1, 0.15) is 17.7 Å². The fraction of sp³-hybridized carbons (Fsp3) is 0.227. The standard InChI is InChI=1S/C22H23N5O2/c1-14-8-10-16(11-9-14)24-20(28)13-27(3)15(2)21(29)17(12-23)22-25-18-6-4-5-7-19(18)26-22/h4-11,15,29H,13H2,1-3H3,(H,24,28)(H,25,26)/p+1/b21-17-/t15-/m1/s1. The van der Waals surface area contributed by atoms with Crippen LogP contribution in [-0.4, -0.2) is 40.6 Å². The second-order valence-corrected chi connectivity index (χ2v) is 7.13. The highest BCUT2D eigenvalue weighted by molar-refractivity contribution is 5.91. The molecule has 2 aromatic carbocycles. The van der Waals surface area contributed by atoms with Gasteiger partial charge in [0.05, 0.1) is 18.1 Å². The molecule has 0 bridgehead atoms. The number of hydrogen-bond donors (Lipinski definition) is 4. The summed E-state index contributed by atoms with van der Waals surface area (Å²) in [7, 11) is 1.79. The van der Waals surface area contributed by atoms with Crippen molar-refractivity contribution in [3.63, 3.8) is 0 Å². The Morgan fingerprint density at radius 3 is 2.62 bits per heavy atom. The summed E-state index contributed by atoms with van der Waals surface area (Å²) >= 11 is 0. The third-order valence-corrected chi connectivity index (χ3v) is 4.92. The van der Waals surface area contributed by atoms with Crippen molar-refractivity contribution in [2.45, 2.75) is 19.9 Å². The van der Waals surface area contributed by atoms with Gasteiger partial charge in [0.2, 0.25) is 0 Å². The Morgan fingerprint density at radius 2 is 1.97 bits per heavy atom. The van der Waals surface area contributed by atoms with E-state index < -0.39 is 6.04 Å². The molecule has 0 aliphatic carbocycles. The number of likely N-dealkylation sites (N-methyl/N-ethyl adjacent to an activating group) is 1. The molecule has 148 valence electrons. The number of carbonyl (C=O) groups excluding carboxylic acids is 1. The van der Waals surface area contributed by atoms with Gasteiger partial charge in [-0.2, -0.15) is 5.26 Å². The smallest absolute Gasteiger partial charge is 0.279 e. The lowest BCUT2D eigenvalue weighted by Crippen LogP contribution is -3.13. The summed E-state index contributed by atoms with van der Waals surface area (Å²) < 4.78 is 0. The number of amides is 1. The molecule has 1 aromatic heterocycles. The number of carbonyl (C=O) groups is 1. The zero-order valence-electron chi connectivity index (χ0n) is 16.7. The molecule has 3 rings (SSSR count). The number of fused-ring (bicyclic) bond motifs is 1. The van der Waals surface area contributed by atoms with E-state index in [1.54, 1.807) is 14.0 Å². The molecule has 0 radical (unpaired) electrons. The van der Waals surface area contributed by atoms with E-state index in [2.05, 4.69) is 15.3 Å². The van der Waals surface area contributed by atoms with Gasteiger partial charge in [-0.15, -0.1) is 0 Å². The van der Waals surface area contributed by atoms with Crippen molar-refractivity contribution >= 4 is 28.2 Å². The molecule has 0 spiro atoms. The Morgan fingerprint density at radius 1 is 1.28 bits per heavy atom. The van der Waals surface area contributed by atoms with Gasteiger partial charge in [-0.05, 0) is 38.1 Å². The summed E-state index contributed by atoms with van der Waals surface area (Å²) in [5.74, 6) is 0.0374. The Hall–Kier alpha value is -3.63. The van der Waals surface area contributed by atoms with Crippen LogP contribution in [0.3, 0.4) is 0 Å². The number of nitrogens with zero attached hydrogens (tertiary/aromatic N) is 2. The molecular formula is C22H24N5O2+. The number of aryl methyl sites for hydroxylation is 1. The van der Waals surface area contributed by atoms with Crippen molar-refractivity contribution in [3.05, 3.63) is 65.7 Å². The van der Waals surface area contributed by atoms with Crippen molar-refractivity contribution in [1.29, 1.82) is 5.26 Å². The summed E-state index contributed by atoms with van der Waals surface area (Å²) in [6, 6.07) is 16.5. The number of allylic oxidation sites excluding steroid dienone is 1. The Bertz CT molecular complexity index is 1060. The maximum Gasteiger partial charge on any atom is 0.279 e. The molecule has 1 unspecified atom stereocenters. The third kappa shape index (κ3) is 4.62. The number of benzene rings is 2. The van der Waals surface area contributed by atoms with E-state index in [1.165, 1.54) is 0 Å². The number of aromatic nitrogens is 2. The quantitative estimate of drug-likeness (QED) is 0.382. The summed E-state index contributed by atoms with van der Waals surface area (Å²) in [5.41, 5.74) is 3.42. The monoisotopic (exact) mass is 390 g/mol. The number of aliphatic hydroxyl groups is 1. The molecule has 0 aliphatic rings. The van der Waals surface area contributed by atoms with Gasteiger partial charge < -0.3 is 20.3 Å². The highest BCUT2D eigenvalue weighted by Crippen LogP contribution is 2.19. The molecule has 3 aromatic rings. The van der Waals surface area contributed by atoms with E-state index >= 15 is 0 Å². The first-order valence-electron chi connectivity index (χ1n) is 9.36. The van der Waals surface area contributed by atoms with Crippen LogP contribution in [0.4, 0.5) is 5.69 Å². The zero-order chi connectivity index (χ0) is 21.0. The number of nitrogens with one attached hydrogen (secondary N) is 3. The fourth-order valence-electron chi connectivity index (χ4n) is 3.00. The van der Waals surface area contributed by atoms with Gasteiger partial charge in [-0.25, -0.2) is 4.98 Å². The first kappa shape index (κ1) is 20.1. The van der Waals surface area contributed by atoms with Crippen LogP contribution in [0, 0.1) is 18.3 Å². The van der Waals surface area contributed by atoms with Crippen molar-refractivity contribution < 1.29 is 14.8 Å². The van der Waals surface area contributed by atoms with E-state index in [-0.39, 0.29) is 23.8 Å². The van der Waals surface area contributed by atoms with Crippen LogP contribution in [0.1, 0.15) is 18.3 Å². The predicted molar refractivity (Wildman–Crippen MR) is 112 cm³/mol. The minimum Gasteiger partial charge on any atom is -0.505 e. The molecule has 7 heteroatoms. The van der Waals surface area contributed by atoms with Gasteiger partial charge in [0.25, 0.3) is 5.91 Å². The van der Waals surface area contributed by atoms with E-state index in [1.807, 2.05) is 61.5 Å². The van der Waals surface area contributed by atoms with Crippen LogP contribution < -0.4 is 10.2 Å². The number of rotatable bonds is 6. The molecule has 0 saturated heterocycles. The van der Waals surface area contributed by atoms with E-state index in [4.69, 9.17) is 0 Å². The molecular weight excluding hydrogens is 366 g/mol. The maximum atomic E-state index is 12.3. The fourth-order valence-corrected chi connectivity index (χ4v) is 3.00. The van der Waals surface area contributed by atoms with Crippen molar-refractivity contribution in [2.75, 3.05) is 18.9 Å². The number of quaternary nitrogens is 1. The predicted octanol–water partition coefficient (Wildman–Crippen LogP) is 2.21. The third-order valence-electron chi connectivity index (χ3n) is 4.92. The highest BCUT2D eigenvalue weighted by atomic mass is 16.3. The average molecular weight is 390 g/mol. The molecule has 0 fully saturated rings. The van der Waals surface area contributed by atoms with Crippen molar-refractivity contribution in [1.82, 2.24) is 9.97 Å². The van der Waals surface area contributed by atoms with Gasteiger partial charge in [-0.1, -0.05) is 29.8 Å². The van der Waals surface area contributed by atoms with Gasteiger partial charge in [0, 0.05) is 5.69 Å². The molecule has 4 N–H and O–H groups in total. The number of anilines is 1. The van der Waals surface area contributed by atoms with Crippen molar-refractivity contribution in [3.8, 4) is 6.07 Å². The Kier molecular flexibility index (Phi) is 5.96. The van der Waals surface area contributed by atoms with E-state index in [9.17, 15) is 15.2 Å². The summed E-state index contributed by atoms with van der Waals surface area (Å²) in [5, 5.41) is 23.1. The van der Waals surface area contributed by atoms with Crippen LogP contribution in [0.25, 0.3) is 16.6 Å². The number of nitriles is 1. The van der Waals surface area contributed by atoms with Gasteiger partial charge in [0.15, 0.2) is 18.1 Å². The molecule has 7 nitrogen and oxygen atoms in total. The number of H-pyrrole nitrogens is 1. The molecule has 1 amide bonds. The molecule has 2 atom stereocenters. The molecule has 29 heavy (non-hydrogen) atoms. The average Bonchev–Trinajstić information content (AvgIpc) is 3.13. The lowest BCUT2D eigenvalue weighted by molar-refractivity contribution is -0.891. The topological polar surface area (TPSA) is 106 Å². The Labute approximate surface area is 169 Å². The normalized spacial score (nSPS) is 14.0. The number of para-hydroxylation sites is 2. The molecule has 0 saturated carbocycles. The zero-order valence-corrected chi connectivity index (χ0v) is 16.7. The number of hydrogen-bond acceptors (Lipinski definition) is 4. The lowest BCUT2D eigenvalue weighted by atomic mass is 10.1. The molecule has 1 heterocycles. The van der Waals surface area contributed by atoms with Crippen LogP contribution in [0.2, 0.25) is 0 Å².